The van der Waals surface area contributed by atoms with E-state index in [2.05, 4.69) is 111 Å². The molecule has 0 radical (unpaired) electrons. The molecule has 1 aliphatic rings. The Hall–Kier alpha value is -2.42. The molecule has 0 saturated heterocycles. The van der Waals surface area contributed by atoms with Crippen LogP contribution in [0.15, 0.2) is 97.1 Å². The van der Waals surface area contributed by atoms with Gasteiger partial charge in [0.15, 0.2) is 0 Å². The topological polar surface area (TPSA) is 0 Å². The van der Waals surface area contributed by atoms with Crippen molar-refractivity contribution in [1.82, 2.24) is 0 Å². The van der Waals surface area contributed by atoms with Crippen LogP contribution in [0.25, 0.3) is 10.8 Å². The Morgan fingerprint density at radius 1 is 0.639 bits per heavy atom. The first-order valence-corrected chi connectivity index (χ1v) is 15.8. The molecule has 0 spiro atoms. The molecule has 4 aromatic carbocycles. The van der Waals surface area contributed by atoms with Gasteiger partial charge in [0, 0.05) is 5.56 Å². The van der Waals surface area contributed by atoms with Gasteiger partial charge in [-0.1, -0.05) is 79.7 Å². The third-order valence-electron chi connectivity index (χ3n) is 6.90. The van der Waals surface area contributed by atoms with Crippen molar-refractivity contribution in [3.63, 3.8) is 0 Å². The first kappa shape index (κ1) is 26.6. The third kappa shape index (κ3) is 6.28. The Morgan fingerprint density at radius 2 is 1.11 bits per heavy atom. The predicted octanol–water partition coefficient (Wildman–Crippen LogP) is 10.3. The van der Waals surface area contributed by atoms with Crippen molar-refractivity contribution in [1.29, 1.82) is 0 Å². The van der Waals surface area contributed by atoms with Crippen LogP contribution in [0.2, 0.25) is 0 Å². The van der Waals surface area contributed by atoms with Crippen LogP contribution in [0.3, 0.4) is 0 Å². The molecule has 192 valence electrons. The molecule has 2 unspecified atom stereocenters. The Bertz CT molecular complexity index is 1300. The molecule has 0 nitrogen and oxygen atoms in total. The summed E-state index contributed by atoms with van der Waals surface area (Å²) in [5.41, 5.74) is 3.79. The molecule has 0 aliphatic carbocycles. The molecule has 36 heavy (non-hydrogen) atoms. The fourth-order valence-electron chi connectivity index (χ4n) is 5.44. The fourth-order valence-corrected chi connectivity index (χ4v) is 10.4. The normalized spacial score (nSPS) is 21.2. The molecular weight excluding hydrogens is 512 g/mol. The quantitative estimate of drug-likeness (QED) is 0.175. The first-order chi connectivity index (χ1) is 16.6. The van der Waals surface area contributed by atoms with Gasteiger partial charge in [0.05, 0.1) is 29.7 Å². The zero-order chi connectivity index (χ0) is 26.3. The van der Waals surface area contributed by atoms with Gasteiger partial charge >= 0.3 is 33.0 Å². The Kier molecular flexibility index (Phi) is 6.55. The van der Waals surface area contributed by atoms with Crippen LogP contribution >= 0.6 is 15.1 Å². The summed E-state index contributed by atoms with van der Waals surface area (Å²) in [4.78, 5) is 0. The van der Waals surface area contributed by atoms with Crippen LogP contribution in [0, 0.1) is 0 Å². The minimum atomic E-state index is -10.7. The molecule has 0 aromatic heterocycles. The van der Waals surface area contributed by atoms with Crippen molar-refractivity contribution < 1.29 is 25.2 Å². The van der Waals surface area contributed by atoms with Crippen molar-refractivity contribution in [2.45, 2.75) is 38.0 Å². The van der Waals surface area contributed by atoms with Crippen molar-refractivity contribution in [3.05, 3.63) is 108 Å². The summed E-state index contributed by atoms with van der Waals surface area (Å²) in [6, 6.07) is 36.5. The number of fused-ring (bicyclic) bond motifs is 3. The molecule has 4 aromatic rings. The van der Waals surface area contributed by atoms with Gasteiger partial charge in [0.2, 0.25) is 0 Å². The summed E-state index contributed by atoms with van der Waals surface area (Å²) in [5, 5.41) is 5.91. The summed E-state index contributed by atoms with van der Waals surface area (Å²) >= 11 is 0. The van der Waals surface area contributed by atoms with Gasteiger partial charge in [-0.2, -0.15) is 0 Å². The van der Waals surface area contributed by atoms with Crippen LogP contribution in [-0.2, 0) is 6.16 Å². The standard InChI is InChI=1S/C28H28P.F6P/c1-21-19-22(2)29(24-12-5-3-6-13-24,25-14-7-4-8-15-25)20-28-26(21)18-17-23-11-9-10-16-27(23)28;1-7(2,3,4,5)6/h3-18,21-22H,19-20H2,1-2H3;/q+1;-1. The van der Waals surface area contributed by atoms with Crippen molar-refractivity contribution >= 4 is 36.5 Å². The minimum absolute atomic E-state index is 0.582. The van der Waals surface area contributed by atoms with E-state index < -0.39 is 15.1 Å². The second-order valence-electron chi connectivity index (χ2n) is 9.50. The van der Waals surface area contributed by atoms with Crippen LogP contribution in [0.1, 0.15) is 37.3 Å². The number of halogens is 6. The van der Waals surface area contributed by atoms with Gasteiger partial charge in [-0.15, -0.1) is 0 Å². The van der Waals surface area contributed by atoms with Crippen LogP contribution in [0.4, 0.5) is 25.2 Å². The van der Waals surface area contributed by atoms with Crippen molar-refractivity contribution in [3.8, 4) is 0 Å². The van der Waals surface area contributed by atoms with E-state index in [9.17, 15) is 25.2 Å². The number of benzene rings is 4. The van der Waals surface area contributed by atoms with E-state index in [0.29, 0.717) is 11.6 Å². The molecule has 0 N–H and O–H groups in total. The third-order valence-corrected chi connectivity index (χ3v) is 11.9. The zero-order valence-electron chi connectivity index (χ0n) is 20.0. The maximum absolute atomic E-state index is 10.7. The average molecular weight is 540 g/mol. The molecule has 0 bridgehead atoms. The van der Waals surface area contributed by atoms with E-state index in [1.54, 1.807) is 21.7 Å². The molecule has 1 heterocycles. The molecule has 5 rings (SSSR count). The number of hydrogen-bond donors (Lipinski definition) is 0. The molecule has 0 amide bonds. The zero-order valence-corrected chi connectivity index (χ0v) is 21.8. The van der Waals surface area contributed by atoms with Gasteiger partial charge in [0.1, 0.15) is 0 Å². The van der Waals surface area contributed by atoms with E-state index in [1.165, 1.54) is 17.2 Å². The molecule has 8 heteroatoms. The maximum atomic E-state index is 9.87. The Balaban J connectivity index is 0.000000384. The molecule has 0 fully saturated rings. The predicted molar refractivity (Wildman–Crippen MR) is 143 cm³/mol. The Morgan fingerprint density at radius 3 is 1.64 bits per heavy atom. The molecule has 1 aliphatic heterocycles. The summed E-state index contributed by atoms with van der Waals surface area (Å²) in [5.74, 6) is 0.582. The molecular formula is C28H28F6P2. The van der Waals surface area contributed by atoms with Crippen molar-refractivity contribution in [2.75, 3.05) is 0 Å². The summed E-state index contributed by atoms with van der Waals surface area (Å²) in [6.45, 7) is 4.94. The summed E-state index contributed by atoms with van der Waals surface area (Å²) in [6.07, 6.45) is 2.39. The van der Waals surface area contributed by atoms with Crippen LogP contribution in [-0.4, -0.2) is 5.66 Å². The summed E-state index contributed by atoms with van der Waals surface area (Å²) in [7, 11) is -12.3. The van der Waals surface area contributed by atoms with Gasteiger partial charge in [0.25, 0.3) is 0 Å². The van der Waals surface area contributed by atoms with E-state index in [4.69, 9.17) is 0 Å². The average Bonchev–Trinajstić information content (AvgIpc) is 2.92. The fraction of sp³-hybridized carbons (Fsp3) is 0.214. The number of hydrogen-bond acceptors (Lipinski definition) is 0. The number of rotatable bonds is 2. The monoisotopic (exact) mass is 540 g/mol. The van der Waals surface area contributed by atoms with E-state index in [-0.39, 0.29) is 0 Å². The van der Waals surface area contributed by atoms with Crippen LogP contribution < -0.4 is 10.6 Å². The van der Waals surface area contributed by atoms with Crippen LogP contribution in [0.5, 0.6) is 0 Å². The van der Waals surface area contributed by atoms with Gasteiger partial charge < -0.3 is 0 Å². The van der Waals surface area contributed by atoms with Gasteiger partial charge in [-0.25, -0.2) is 0 Å². The second-order valence-corrected chi connectivity index (χ2v) is 15.4. The summed E-state index contributed by atoms with van der Waals surface area (Å²) < 4.78 is 59.2. The molecule has 0 saturated carbocycles. The van der Waals surface area contributed by atoms with E-state index >= 15 is 0 Å². The SMILES string of the molecule is CC1CC(C)[P+](c2ccccc2)(c2ccccc2)Cc2c1ccc1ccccc21.F[P-](F)(F)(F)(F)F. The van der Waals surface area contributed by atoms with E-state index in [0.717, 1.165) is 6.16 Å². The molecule has 2 atom stereocenters. The van der Waals surface area contributed by atoms with Gasteiger partial charge in [-0.05, 0) is 59.9 Å². The second kappa shape index (κ2) is 8.85. The van der Waals surface area contributed by atoms with E-state index in [1.807, 2.05) is 0 Å². The Labute approximate surface area is 207 Å². The van der Waals surface area contributed by atoms with Gasteiger partial charge in [-0.3, -0.25) is 0 Å². The van der Waals surface area contributed by atoms with Crippen molar-refractivity contribution in [2.24, 2.45) is 0 Å². The first-order valence-electron chi connectivity index (χ1n) is 11.7.